The molecule has 3 fully saturated rings. The second kappa shape index (κ2) is 10.3. The molecule has 1 amide bonds. The van der Waals surface area contributed by atoms with Gasteiger partial charge in [0.2, 0.25) is 5.78 Å². The number of fused-ring (bicyclic) bond motifs is 3. The Bertz CT molecular complexity index is 1530. The molecule has 5 aliphatic carbocycles. The summed E-state index contributed by atoms with van der Waals surface area (Å²) in [7, 11) is 2.91. The Morgan fingerprint density at radius 1 is 1.11 bits per heavy atom. The predicted molar refractivity (Wildman–Crippen MR) is 150 cm³/mol. The zero-order chi connectivity index (χ0) is 32.0. The first-order valence-electron chi connectivity index (χ1n) is 14.9. The topological polar surface area (TPSA) is 165 Å². The number of phenolic OH excluding ortho intramolecular Hbond substituents is 1. The van der Waals surface area contributed by atoms with Crippen LogP contribution < -0.4 is 5.73 Å². The van der Waals surface area contributed by atoms with Crippen molar-refractivity contribution in [1.82, 2.24) is 9.80 Å². The van der Waals surface area contributed by atoms with E-state index in [9.17, 15) is 48.0 Å². The van der Waals surface area contributed by atoms with Gasteiger partial charge in [0.05, 0.1) is 17.2 Å². The van der Waals surface area contributed by atoms with E-state index in [1.165, 1.54) is 19.0 Å². The molecule has 6 rings (SSSR count). The summed E-state index contributed by atoms with van der Waals surface area (Å²) in [6.07, 6.45) is -0.747. The molecule has 5 aliphatic rings. The predicted octanol–water partition coefficient (Wildman–Crippen LogP) is 2.75. The highest BCUT2D eigenvalue weighted by Crippen LogP contribution is 2.54. The fourth-order valence-corrected chi connectivity index (χ4v) is 7.81. The van der Waals surface area contributed by atoms with Gasteiger partial charge in [0, 0.05) is 30.6 Å². The number of halogens is 3. The number of likely N-dealkylation sites (N-methyl/N-ethyl adjacent to an activating group) is 1. The number of rotatable bonds is 7. The van der Waals surface area contributed by atoms with Crippen molar-refractivity contribution in [1.29, 1.82) is 0 Å². The van der Waals surface area contributed by atoms with E-state index < -0.39 is 93.1 Å². The van der Waals surface area contributed by atoms with Gasteiger partial charge in [0.15, 0.2) is 11.4 Å². The number of phenols is 1. The molecule has 0 heterocycles. The van der Waals surface area contributed by atoms with Crippen LogP contribution in [-0.4, -0.2) is 86.0 Å². The van der Waals surface area contributed by atoms with Gasteiger partial charge in [-0.15, -0.1) is 0 Å². The van der Waals surface area contributed by atoms with Crippen molar-refractivity contribution in [3.05, 3.63) is 45.2 Å². The Kier molecular flexibility index (Phi) is 7.17. The summed E-state index contributed by atoms with van der Waals surface area (Å²) in [4.78, 5) is 42.7. The van der Waals surface area contributed by atoms with Crippen molar-refractivity contribution in [3.63, 3.8) is 0 Å². The summed E-state index contributed by atoms with van der Waals surface area (Å²) in [5, 5.41) is 45.1. The summed E-state index contributed by atoms with van der Waals surface area (Å²) < 4.78 is 44.7. The fraction of sp³-hybridized carbons (Fsp3) is 0.581. The van der Waals surface area contributed by atoms with Gasteiger partial charge in [-0.05, 0) is 81.6 Å². The molecule has 0 unspecified atom stereocenters. The van der Waals surface area contributed by atoms with Gasteiger partial charge >= 0.3 is 6.18 Å². The van der Waals surface area contributed by atoms with Crippen LogP contribution in [0.3, 0.4) is 0 Å². The summed E-state index contributed by atoms with van der Waals surface area (Å²) >= 11 is 0. The Morgan fingerprint density at radius 3 is 2.30 bits per heavy atom. The molecular formula is C31H36F3N3O7. The number of aromatic hydroxyl groups is 1. The minimum Gasteiger partial charge on any atom is -0.508 e. The fourth-order valence-electron chi connectivity index (χ4n) is 7.81. The number of alkyl halides is 3. The normalized spacial score (nSPS) is 29.1. The summed E-state index contributed by atoms with van der Waals surface area (Å²) in [5.41, 5.74) is -1.01. The molecular weight excluding hydrogens is 583 g/mol. The van der Waals surface area contributed by atoms with Crippen LogP contribution in [0, 0.1) is 17.8 Å². The van der Waals surface area contributed by atoms with Crippen LogP contribution >= 0.6 is 0 Å². The van der Waals surface area contributed by atoms with Gasteiger partial charge in [-0.3, -0.25) is 24.2 Å². The first-order valence-corrected chi connectivity index (χ1v) is 14.9. The minimum absolute atomic E-state index is 0.0358. The number of nitrogens with two attached hydrogens (primary N) is 1. The average Bonchev–Trinajstić information content (AvgIpc) is 3.67. The zero-order valence-electron chi connectivity index (χ0n) is 24.4. The number of ketones is 2. The molecule has 1 aromatic rings. The second-order valence-corrected chi connectivity index (χ2v) is 13.2. The number of Topliss-reactive ketones (excluding diaryl/α,β-unsaturated/α-hetero) is 2. The number of primary amides is 1. The largest absolute Gasteiger partial charge is 0.508 e. The van der Waals surface area contributed by atoms with E-state index >= 15 is 0 Å². The SMILES string of the molecule is CN(C)[C@@H]1C(=O)C(C(N)=O)=C(O)[C@@]2(O)C(=O)C3=C(O)c4c(O)cc(CN(CC5CC5)C5CCC5)c(C(F)(F)F)c4C[C@H]3C[C@@H]12. The van der Waals surface area contributed by atoms with Crippen LogP contribution in [0.15, 0.2) is 23.0 Å². The lowest BCUT2D eigenvalue weighted by Gasteiger charge is -2.50. The summed E-state index contributed by atoms with van der Waals surface area (Å²) in [6.45, 7) is 0.628. The molecule has 0 spiro atoms. The lowest BCUT2D eigenvalue weighted by molar-refractivity contribution is -0.153. The van der Waals surface area contributed by atoms with Crippen LogP contribution in [0.5, 0.6) is 5.75 Å². The molecule has 10 nitrogen and oxygen atoms in total. The quantitative estimate of drug-likeness (QED) is 0.289. The number of amides is 1. The molecule has 0 aromatic heterocycles. The minimum atomic E-state index is -4.86. The van der Waals surface area contributed by atoms with Crippen LogP contribution in [0.25, 0.3) is 5.76 Å². The number of hydrogen-bond acceptors (Lipinski definition) is 9. The summed E-state index contributed by atoms with van der Waals surface area (Å²) in [5.74, 6) is -8.44. The average molecular weight is 620 g/mol. The van der Waals surface area contributed by atoms with Crippen LogP contribution in [0.1, 0.15) is 60.8 Å². The van der Waals surface area contributed by atoms with E-state index in [1.807, 2.05) is 4.90 Å². The zero-order valence-corrected chi connectivity index (χ0v) is 24.4. The maximum atomic E-state index is 14.9. The Hall–Kier alpha value is -3.42. The highest BCUT2D eigenvalue weighted by molar-refractivity contribution is 6.24. The molecule has 238 valence electrons. The number of benzene rings is 1. The van der Waals surface area contributed by atoms with E-state index in [0.717, 1.165) is 38.2 Å². The third-order valence-electron chi connectivity index (χ3n) is 10.2. The van der Waals surface area contributed by atoms with Crippen LogP contribution in [-0.2, 0) is 33.5 Å². The van der Waals surface area contributed by atoms with Crippen molar-refractivity contribution >= 4 is 23.2 Å². The Balaban J connectivity index is 1.50. The number of hydrogen-bond donors (Lipinski definition) is 5. The van der Waals surface area contributed by atoms with E-state index in [4.69, 9.17) is 5.73 Å². The Labute approximate surface area is 251 Å². The lowest BCUT2D eigenvalue weighted by Crippen LogP contribution is -2.65. The van der Waals surface area contributed by atoms with Crippen LogP contribution in [0.4, 0.5) is 13.2 Å². The van der Waals surface area contributed by atoms with Crippen LogP contribution in [0.2, 0.25) is 0 Å². The van der Waals surface area contributed by atoms with Gasteiger partial charge in [-0.1, -0.05) is 6.42 Å². The van der Waals surface area contributed by atoms with E-state index in [1.54, 1.807) is 0 Å². The number of aliphatic hydroxyl groups is 3. The molecule has 0 saturated heterocycles. The van der Waals surface area contributed by atoms with Gasteiger partial charge in [-0.2, -0.15) is 13.2 Å². The highest BCUT2D eigenvalue weighted by atomic mass is 19.4. The van der Waals surface area contributed by atoms with Gasteiger partial charge < -0.3 is 26.2 Å². The molecule has 0 aliphatic heterocycles. The first kappa shape index (κ1) is 30.6. The van der Waals surface area contributed by atoms with Crippen molar-refractivity contribution in [2.75, 3.05) is 20.6 Å². The molecule has 0 radical (unpaired) electrons. The molecule has 6 N–H and O–H groups in total. The van der Waals surface area contributed by atoms with Crippen molar-refractivity contribution in [2.24, 2.45) is 23.5 Å². The lowest BCUT2D eigenvalue weighted by atomic mass is 9.57. The van der Waals surface area contributed by atoms with Crippen molar-refractivity contribution < 1.29 is 48.0 Å². The third kappa shape index (κ3) is 4.54. The highest BCUT2D eigenvalue weighted by Gasteiger charge is 2.64. The molecule has 4 atom stereocenters. The van der Waals surface area contributed by atoms with Crippen molar-refractivity contribution in [3.8, 4) is 5.75 Å². The number of carbonyl (C=O) groups excluding carboxylic acids is 3. The number of carbonyl (C=O) groups is 3. The standard InChI is InChI=1S/C31H36F3N3O7/c1-36(2)24-18-9-14-8-17-21(25(39)20(14)27(41)30(18,44)28(42)22(26(24)40)29(35)43)19(38)10-15(23(17)31(32,33)34)12-37(11-13-6-7-13)16-4-3-5-16/h10,13-14,16,18,24,38-39,42,44H,3-9,11-12H2,1-2H3,(H2,35,43)/t14-,18-,24-,30-/m0/s1. The van der Waals surface area contributed by atoms with Crippen molar-refractivity contribution in [2.45, 2.75) is 75.4 Å². The van der Waals surface area contributed by atoms with Gasteiger partial charge in [-0.25, -0.2) is 0 Å². The van der Waals surface area contributed by atoms with E-state index in [0.29, 0.717) is 12.5 Å². The van der Waals surface area contributed by atoms with Gasteiger partial charge in [0.25, 0.3) is 5.91 Å². The van der Waals surface area contributed by atoms with Gasteiger partial charge in [0.1, 0.15) is 22.8 Å². The molecule has 0 bridgehead atoms. The molecule has 44 heavy (non-hydrogen) atoms. The van der Waals surface area contributed by atoms with E-state index in [-0.39, 0.29) is 30.1 Å². The first-order chi connectivity index (χ1) is 20.6. The Morgan fingerprint density at radius 2 is 1.77 bits per heavy atom. The van der Waals surface area contributed by atoms with E-state index in [2.05, 4.69) is 0 Å². The molecule has 1 aromatic carbocycles. The maximum Gasteiger partial charge on any atom is 0.417 e. The maximum absolute atomic E-state index is 14.9. The second-order valence-electron chi connectivity index (χ2n) is 13.2. The summed E-state index contributed by atoms with van der Waals surface area (Å²) in [6, 6.07) is -0.180. The number of nitrogens with zero attached hydrogens (tertiary/aromatic N) is 2. The number of aliphatic hydroxyl groups excluding tert-OH is 2. The monoisotopic (exact) mass is 619 g/mol. The third-order valence-corrected chi connectivity index (χ3v) is 10.2. The molecule has 3 saturated carbocycles. The smallest absolute Gasteiger partial charge is 0.417 e. The molecule has 13 heteroatoms.